The molecule has 0 N–H and O–H groups in total. The average molecular weight is 377 g/mol. The highest BCUT2D eigenvalue weighted by molar-refractivity contribution is 7.54. The van der Waals surface area contributed by atoms with E-state index in [1.807, 2.05) is 0 Å². The lowest BCUT2D eigenvalue weighted by molar-refractivity contribution is -0.146. The standard InChI is InChI=1S/C18H20NO6P/c1-2-23-18(21)13-19(14-20)15-26(22,24-16-9-5-3-6-10-16)25-17-11-7-4-8-12-17/h3-12,14H,2,13,15H2,1H3. The van der Waals surface area contributed by atoms with Gasteiger partial charge in [0, 0.05) is 0 Å². The Morgan fingerprint density at radius 1 is 1.00 bits per heavy atom. The van der Waals surface area contributed by atoms with Crippen LogP contribution in [0.15, 0.2) is 60.7 Å². The van der Waals surface area contributed by atoms with Crippen LogP contribution in [0.2, 0.25) is 0 Å². The van der Waals surface area contributed by atoms with E-state index in [1.54, 1.807) is 67.6 Å². The molecular formula is C18H20NO6P. The minimum atomic E-state index is -3.82. The van der Waals surface area contributed by atoms with Crippen molar-refractivity contribution in [3.8, 4) is 11.5 Å². The van der Waals surface area contributed by atoms with Gasteiger partial charge in [0.2, 0.25) is 6.41 Å². The number of benzene rings is 2. The van der Waals surface area contributed by atoms with E-state index in [4.69, 9.17) is 13.8 Å². The van der Waals surface area contributed by atoms with Crippen molar-refractivity contribution in [3.05, 3.63) is 60.7 Å². The van der Waals surface area contributed by atoms with Crippen molar-refractivity contribution in [1.82, 2.24) is 4.90 Å². The summed E-state index contributed by atoms with van der Waals surface area (Å²) >= 11 is 0. The summed E-state index contributed by atoms with van der Waals surface area (Å²) in [5, 5.41) is 0. The first-order valence-electron chi connectivity index (χ1n) is 7.98. The molecule has 0 aromatic heterocycles. The van der Waals surface area contributed by atoms with Crippen molar-refractivity contribution in [2.45, 2.75) is 6.92 Å². The zero-order valence-electron chi connectivity index (χ0n) is 14.3. The number of amides is 1. The first-order valence-corrected chi connectivity index (χ1v) is 9.71. The van der Waals surface area contributed by atoms with Crippen LogP contribution in [0.3, 0.4) is 0 Å². The molecule has 0 aliphatic heterocycles. The predicted octanol–water partition coefficient (Wildman–Crippen LogP) is 3.32. The SMILES string of the molecule is CCOC(=O)CN(C=O)CP(=O)(Oc1ccccc1)Oc1ccccc1. The van der Waals surface area contributed by atoms with Gasteiger partial charge in [0.1, 0.15) is 24.3 Å². The van der Waals surface area contributed by atoms with Gasteiger partial charge in [0.05, 0.1) is 6.61 Å². The van der Waals surface area contributed by atoms with Gasteiger partial charge < -0.3 is 18.7 Å². The smallest absolute Gasteiger partial charge is 0.450 e. The maximum Gasteiger partial charge on any atom is 0.450 e. The van der Waals surface area contributed by atoms with E-state index < -0.39 is 19.9 Å². The topological polar surface area (TPSA) is 82.1 Å². The predicted molar refractivity (Wildman–Crippen MR) is 96.0 cm³/mol. The first kappa shape index (κ1) is 19.5. The third kappa shape index (κ3) is 6.26. The maximum atomic E-state index is 13.3. The van der Waals surface area contributed by atoms with Crippen molar-refractivity contribution < 1.29 is 27.9 Å². The summed E-state index contributed by atoms with van der Waals surface area (Å²) in [5.74, 6) is 0.0491. The molecule has 0 spiro atoms. The number of carbonyl (C=O) groups is 2. The molecular weight excluding hydrogens is 357 g/mol. The molecule has 1 amide bonds. The van der Waals surface area contributed by atoms with Gasteiger partial charge in [-0.25, -0.2) is 4.57 Å². The van der Waals surface area contributed by atoms with E-state index in [9.17, 15) is 14.2 Å². The van der Waals surface area contributed by atoms with E-state index in [2.05, 4.69) is 0 Å². The third-order valence-corrected chi connectivity index (χ3v) is 4.80. The number of para-hydroxylation sites is 2. The minimum absolute atomic E-state index is 0.185. The number of hydrogen-bond donors (Lipinski definition) is 0. The Hall–Kier alpha value is -2.79. The van der Waals surface area contributed by atoms with Crippen molar-refractivity contribution >= 4 is 20.0 Å². The Labute approximate surface area is 152 Å². The number of esters is 1. The van der Waals surface area contributed by atoms with Crippen LogP contribution in [-0.2, 0) is 18.9 Å². The van der Waals surface area contributed by atoms with Crippen molar-refractivity contribution in [2.24, 2.45) is 0 Å². The monoisotopic (exact) mass is 377 g/mol. The largest absolute Gasteiger partial charge is 0.465 e. The van der Waals surface area contributed by atoms with E-state index in [0.717, 1.165) is 4.90 Å². The molecule has 8 heteroatoms. The van der Waals surface area contributed by atoms with Gasteiger partial charge in [0.15, 0.2) is 0 Å². The highest BCUT2D eigenvalue weighted by atomic mass is 31.2. The fourth-order valence-corrected chi connectivity index (χ4v) is 3.73. The highest BCUT2D eigenvalue weighted by Gasteiger charge is 2.32. The Balaban J connectivity index is 2.19. The number of hydrogen-bond acceptors (Lipinski definition) is 6. The van der Waals surface area contributed by atoms with Crippen LogP contribution >= 0.6 is 7.60 Å². The Morgan fingerprint density at radius 3 is 1.92 bits per heavy atom. The van der Waals surface area contributed by atoms with Crippen LogP contribution in [0.25, 0.3) is 0 Å². The fraction of sp³-hybridized carbons (Fsp3) is 0.222. The lowest BCUT2D eigenvalue weighted by Crippen LogP contribution is -2.32. The quantitative estimate of drug-likeness (QED) is 0.359. The summed E-state index contributed by atoms with van der Waals surface area (Å²) < 4.78 is 29.2. The summed E-state index contributed by atoms with van der Waals surface area (Å²) in [5.41, 5.74) is 0. The van der Waals surface area contributed by atoms with E-state index >= 15 is 0 Å². The molecule has 2 aromatic rings. The van der Waals surface area contributed by atoms with Crippen molar-refractivity contribution in [2.75, 3.05) is 19.4 Å². The van der Waals surface area contributed by atoms with Crippen LogP contribution in [0.1, 0.15) is 6.92 Å². The Morgan fingerprint density at radius 2 is 1.50 bits per heavy atom. The number of carbonyl (C=O) groups excluding carboxylic acids is 2. The van der Waals surface area contributed by atoms with Gasteiger partial charge in [-0.15, -0.1) is 0 Å². The molecule has 0 saturated carbocycles. The Kier molecular flexibility index (Phi) is 7.24. The van der Waals surface area contributed by atoms with Crippen LogP contribution in [0.5, 0.6) is 11.5 Å². The summed E-state index contributed by atoms with van der Waals surface area (Å²) in [6, 6.07) is 16.9. The number of ether oxygens (including phenoxy) is 1. The molecule has 0 radical (unpaired) electrons. The molecule has 0 aliphatic rings. The summed E-state index contributed by atoms with van der Waals surface area (Å²) in [6.45, 7) is 1.49. The number of nitrogens with zero attached hydrogens (tertiary/aromatic N) is 1. The second-order valence-electron chi connectivity index (χ2n) is 5.22. The van der Waals surface area contributed by atoms with Crippen LogP contribution < -0.4 is 9.05 Å². The molecule has 2 aromatic carbocycles. The lowest BCUT2D eigenvalue weighted by Gasteiger charge is -2.24. The summed E-state index contributed by atoms with van der Waals surface area (Å²) in [7, 11) is -3.82. The minimum Gasteiger partial charge on any atom is -0.465 e. The highest BCUT2D eigenvalue weighted by Crippen LogP contribution is 2.48. The molecule has 26 heavy (non-hydrogen) atoms. The molecule has 0 unspecified atom stereocenters. The van der Waals surface area contributed by atoms with E-state index in [1.165, 1.54) is 0 Å². The third-order valence-electron chi connectivity index (χ3n) is 3.12. The Bertz CT molecular complexity index is 707. The van der Waals surface area contributed by atoms with Gasteiger partial charge in [-0.3, -0.25) is 9.59 Å². The van der Waals surface area contributed by atoms with Crippen LogP contribution in [0, 0.1) is 0 Å². The molecule has 2 rings (SSSR count). The second kappa shape index (κ2) is 9.63. The normalized spacial score (nSPS) is 10.7. The average Bonchev–Trinajstić information content (AvgIpc) is 2.62. The van der Waals surface area contributed by atoms with E-state index in [-0.39, 0.29) is 13.2 Å². The van der Waals surface area contributed by atoms with Gasteiger partial charge in [-0.1, -0.05) is 36.4 Å². The molecule has 0 bridgehead atoms. The van der Waals surface area contributed by atoms with Gasteiger partial charge in [0.25, 0.3) is 0 Å². The molecule has 0 fully saturated rings. The van der Waals surface area contributed by atoms with Gasteiger partial charge >= 0.3 is 13.6 Å². The first-order chi connectivity index (χ1) is 12.5. The maximum absolute atomic E-state index is 13.3. The zero-order chi connectivity index (χ0) is 18.8. The van der Waals surface area contributed by atoms with E-state index in [0.29, 0.717) is 17.9 Å². The molecule has 0 heterocycles. The lowest BCUT2D eigenvalue weighted by atomic mass is 10.3. The molecule has 0 saturated heterocycles. The molecule has 7 nitrogen and oxygen atoms in total. The van der Waals surface area contributed by atoms with Crippen molar-refractivity contribution in [3.63, 3.8) is 0 Å². The zero-order valence-corrected chi connectivity index (χ0v) is 15.2. The second-order valence-corrected chi connectivity index (χ2v) is 7.09. The van der Waals surface area contributed by atoms with Gasteiger partial charge in [-0.2, -0.15) is 0 Å². The molecule has 0 atom stereocenters. The molecule has 138 valence electrons. The summed E-state index contributed by atoms with van der Waals surface area (Å²) in [4.78, 5) is 23.9. The fourth-order valence-electron chi connectivity index (χ4n) is 2.08. The number of rotatable bonds is 10. The summed E-state index contributed by atoms with van der Waals surface area (Å²) in [6.07, 6.45) is 0.00534. The molecule has 0 aliphatic carbocycles. The van der Waals surface area contributed by atoms with Crippen LogP contribution in [0.4, 0.5) is 0 Å². The van der Waals surface area contributed by atoms with Gasteiger partial charge in [-0.05, 0) is 31.2 Å². The van der Waals surface area contributed by atoms with Crippen LogP contribution in [-0.4, -0.2) is 36.7 Å². The van der Waals surface area contributed by atoms with Crippen molar-refractivity contribution in [1.29, 1.82) is 0 Å².